The van der Waals surface area contributed by atoms with E-state index < -0.39 is 5.97 Å². The summed E-state index contributed by atoms with van der Waals surface area (Å²) in [5.74, 6) is -0.781. The second-order valence-corrected chi connectivity index (χ2v) is 5.39. The Bertz CT molecular complexity index is 335. The summed E-state index contributed by atoms with van der Waals surface area (Å²) in [6, 6.07) is 0.688. The molecule has 2 amide bonds. The van der Waals surface area contributed by atoms with Crippen LogP contribution < -0.4 is 10.6 Å². The summed E-state index contributed by atoms with van der Waals surface area (Å²) in [7, 11) is 0. The maximum atomic E-state index is 11.7. The summed E-state index contributed by atoms with van der Waals surface area (Å²) in [6.07, 6.45) is 4.94. The van der Waals surface area contributed by atoms with E-state index >= 15 is 0 Å². The summed E-state index contributed by atoms with van der Waals surface area (Å²) in [5.41, 5.74) is 0. The number of nitrogens with zero attached hydrogens (tertiary/aromatic N) is 1. The first-order chi connectivity index (χ1) is 9.16. The molecule has 0 aromatic carbocycles. The van der Waals surface area contributed by atoms with Crippen LogP contribution in [0.15, 0.2) is 0 Å². The van der Waals surface area contributed by atoms with Crippen molar-refractivity contribution in [2.24, 2.45) is 0 Å². The van der Waals surface area contributed by atoms with E-state index in [-0.39, 0.29) is 18.5 Å². The number of unbranched alkanes of at least 4 members (excludes halogenated alkanes) is 1. The highest BCUT2D eigenvalue weighted by Crippen LogP contribution is 2.27. The Kier molecular flexibility index (Phi) is 5.01. The van der Waals surface area contributed by atoms with Crippen molar-refractivity contribution in [2.45, 2.75) is 50.6 Å². The zero-order valence-corrected chi connectivity index (χ0v) is 11.2. The third-order valence-corrected chi connectivity index (χ3v) is 4.03. The summed E-state index contributed by atoms with van der Waals surface area (Å²) in [6.45, 7) is 2.80. The van der Waals surface area contributed by atoms with E-state index in [0.717, 1.165) is 13.0 Å². The fourth-order valence-corrected chi connectivity index (χ4v) is 3.07. The molecule has 2 fully saturated rings. The molecule has 0 bridgehead atoms. The van der Waals surface area contributed by atoms with Gasteiger partial charge in [0.05, 0.1) is 0 Å². The normalized spacial score (nSPS) is 26.1. The number of hydrogen-bond donors (Lipinski definition) is 3. The van der Waals surface area contributed by atoms with E-state index in [1.54, 1.807) is 0 Å². The fraction of sp³-hybridized carbons (Fsp3) is 0.846. The van der Waals surface area contributed by atoms with Gasteiger partial charge in [-0.25, -0.2) is 4.79 Å². The van der Waals surface area contributed by atoms with Gasteiger partial charge in [0.25, 0.3) is 0 Å². The van der Waals surface area contributed by atoms with Crippen LogP contribution in [0.25, 0.3) is 0 Å². The molecule has 2 heterocycles. The average Bonchev–Trinajstić information content (AvgIpc) is 2.93. The third-order valence-electron chi connectivity index (χ3n) is 4.03. The monoisotopic (exact) mass is 269 g/mol. The molecule has 19 heavy (non-hydrogen) atoms. The van der Waals surface area contributed by atoms with Crippen LogP contribution in [0, 0.1) is 0 Å². The van der Waals surface area contributed by atoms with E-state index in [4.69, 9.17) is 5.11 Å². The van der Waals surface area contributed by atoms with Crippen LogP contribution >= 0.6 is 0 Å². The second-order valence-electron chi connectivity index (χ2n) is 5.39. The minimum atomic E-state index is -0.781. The summed E-state index contributed by atoms with van der Waals surface area (Å²) < 4.78 is 0. The Morgan fingerprint density at radius 3 is 2.84 bits per heavy atom. The maximum Gasteiger partial charge on any atom is 0.315 e. The summed E-state index contributed by atoms with van der Waals surface area (Å²) in [5, 5.41) is 14.3. The fourth-order valence-electron chi connectivity index (χ4n) is 3.07. The summed E-state index contributed by atoms with van der Waals surface area (Å²) in [4.78, 5) is 24.5. The van der Waals surface area contributed by atoms with Crippen molar-refractivity contribution in [3.63, 3.8) is 0 Å². The van der Waals surface area contributed by atoms with Crippen molar-refractivity contribution in [3.8, 4) is 0 Å². The highest BCUT2D eigenvalue weighted by atomic mass is 16.4. The highest BCUT2D eigenvalue weighted by molar-refractivity contribution is 5.74. The Morgan fingerprint density at radius 1 is 1.21 bits per heavy atom. The summed E-state index contributed by atoms with van der Waals surface area (Å²) >= 11 is 0. The first kappa shape index (κ1) is 14.1. The van der Waals surface area contributed by atoms with Crippen LogP contribution in [0.1, 0.15) is 38.5 Å². The van der Waals surface area contributed by atoms with Crippen LogP contribution in [0.3, 0.4) is 0 Å². The van der Waals surface area contributed by atoms with Crippen molar-refractivity contribution in [3.05, 3.63) is 0 Å². The third kappa shape index (κ3) is 4.09. The number of urea groups is 1. The number of fused-ring (bicyclic) bond motifs is 1. The van der Waals surface area contributed by atoms with E-state index in [1.807, 2.05) is 0 Å². The number of carboxylic acid groups (broad SMARTS) is 1. The number of carbonyl (C=O) groups is 2. The first-order valence-electron chi connectivity index (χ1n) is 7.17. The molecule has 2 saturated heterocycles. The van der Waals surface area contributed by atoms with Gasteiger partial charge in [0.15, 0.2) is 0 Å². The Morgan fingerprint density at radius 2 is 2.05 bits per heavy atom. The Hall–Kier alpha value is -1.30. The quantitative estimate of drug-likeness (QED) is 0.622. The predicted molar refractivity (Wildman–Crippen MR) is 71.0 cm³/mol. The zero-order valence-electron chi connectivity index (χ0n) is 11.2. The second kappa shape index (κ2) is 6.75. The number of amides is 2. The SMILES string of the molecule is O=C(O)CCCCNC(=O)NC1CCN2CCCC12. The van der Waals surface area contributed by atoms with E-state index in [0.29, 0.717) is 25.4 Å². The lowest BCUT2D eigenvalue weighted by Crippen LogP contribution is -2.47. The molecule has 6 heteroatoms. The minimum Gasteiger partial charge on any atom is -0.481 e. The van der Waals surface area contributed by atoms with Gasteiger partial charge >= 0.3 is 12.0 Å². The van der Waals surface area contributed by atoms with Gasteiger partial charge in [-0.05, 0) is 38.6 Å². The van der Waals surface area contributed by atoms with Gasteiger partial charge in [0.1, 0.15) is 0 Å². The molecule has 2 unspecified atom stereocenters. The van der Waals surface area contributed by atoms with Gasteiger partial charge in [-0.3, -0.25) is 9.69 Å². The molecule has 2 aliphatic heterocycles. The van der Waals surface area contributed by atoms with Crippen LogP contribution in [0.5, 0.6) is 0 Å². The molecule has 3 N–H and O–H groups in total. The van der Waals surface area contributed by atoms with Gasteiger partial charge < -0.3 is 15.7 Å². The maximum absolute atomic E-state index is 11.7. The molecule has 108 valence electrons. The van der Waals surface area contributed by atoms with Gasteiger partial charge in [-0.2, -0.15) is 0 Å². The highest BCUT2D eigenvalue weighted by Gasteiger charge is 2.37. The molecule has 0 aromatic rings. The van der Waals surface area contributed by atoms with Crippen LogP contribution in [-0.4, -0.2) is 53.7 Å². The standard InChI is InChI=1S/C13H23N3O3/c17-12(18)5-1-2-7-14-13(19)15-10-6-9-16-8-3-4-11(10)16/h10-11H,1-9H2,(H,17,18)(H2,14,15,19). The molecule has 0 saturated carbocycles. The molecular formula is C13H23N3O3. The topological polar surface area (TPSA) is 81.7 Å². The number of carbonyl (C=O) groups excluding carboxylic acids is 1. The number of carboxylic acids is 1. The zero-order chi connectivity index (χ0) is 13.7. The van der Waals surface area contributed by atoms with Gasteiger partial charge in [0, 0.05) is 31.6 Å². The smallest absolute Gasteiger partial charge is 0.315 e. The van der Waals surface area contributed by atoms with Crippen LogP contribution in [-0.2, 0) is 4.79 Å². The van der Waals surface area contributed by atoms with Crippen molar-refractivity contribution < 1.29 is 14.7 Å². The van der Waals surface area contributed by atoms with Gasteiger partial charge in [0.2, 0.25) is 0 Å². The number of hydrogen-bond acceptors (Lipinski definition) is 3. The lowest BCUT2D eigenvalue weighted by Gasteiger charge is -2.21. The number of rotatable bonds is 6. The van der Waals surface area contributed by atoms with Crippen molar-refractivity contribution in [1.29, 1.82) is 0 Å². The molecule has 0 aromatic heterocycles. The van der Waals surface area contributed by atoms with E-state index in [9.17, 15) is 9.59 Å². The Labute approximate surface area is 113 Å². The minimum absolute atomic E-state index is 0.117. The molecule has 0 radical (unpaired) electrons. The lowest BCUT2D eigenvalue weighted by molar-refractivity contribution is -0.137. The lowest BCUT2D eigenvalue weighted by atomic mass is 10.1. The van der Waals surface area contributed by atoms with Gasteiger partial charge in [-0.1, -0.05) is 0 Å². The van der Waals surface area contributed by atoms with Crippen molar-refractivity contribution in [1.82, 2.24) is 15.5 Å². The molecule has 2 atom stereocenters. The van der Waals surface area contributed by atoms with Crippen LogP contribution in [0.4, 0.5) is 4.79 Å². The number of aliphatic carboxylic acids is 1. The van der Waals surface area contributed by atoms with Crippen molar-refractivity contribution in [2.75, 3.05) is 19.6 Å². The molecule has 2 aliphatic rings. The largest absolute Gasteiger partial charge is 0.481 e. The molecule has 2 rings (SSSR count). The van der Waals surface area contributed by atoms with Crippen LogP contribution in [0.2, 0.25) is 0 Å². The first-order valence-corrected chi connectivity index (χ1v) is 7.17. The predicted octanol–water partition coefficient (Wildman–Crippen LogP) is 0.777. The number of nitrogens with one attached hydrogen (secondary N) is 2. The molecule has 6 nitrogen and oxygen atoms in total. The van der Waals surface area contributed by atoms with E-state index in [2.05, 4.69) is 15.5 Å². The molecule has 0 aliphatic carbocycles. The van der Waals surface area contributed by atoms with Crippen molar-refractivity contribution >= 4 is 12.0 Å². The molecule has 0 spiro atoms. The van der Waals surface area contributed by atoms with Gasteiger partial charge in [-0.15, -0.1) is 0 Å². The average molecular weight is 269 g/mol. The molecular weight excluding hydrogens is 246 g/mol. The Balaban J connectivity index is 1.58. The van der Waals surface area contributed by atoms with E-state index in [1.165, 1.54) is 19.4 Å².